The molecule has 5 heteroatoms. The SMILES string of the molecule is Cc1c(N)nc(C2CC2)nc1SC1CCOCC1. The first kappa shape index (κ1) is 12.2. The van der Waals surface area contributed by atoms with Gasteiger partial charge in [-0.3, -0.25) is 0 Å². The van der Waals surface area contributed by atoms with Crippen LogP contribution in [0.15, 0.2) is 5.03 Å². The number of aromatic nitrogens is 2. The van der Waals surface area contributed by atoms with E-state index >= 15 is 0 Å². The highest BCUT2D eigenvalue weighted by Gasteiger charge is 2.28. The first-order valence-electron chi connectivity index (χ1n) is 6.62. The highest BCUT2D eigenvalue weighted by molar-refractivity contribution is 7.99. The first-order valence-corrected chi connectivity index (χ1v) is 7.50. The Balaban J connectivity index is 1.80. The lowest BCUT2D eigenvalue weighted by Crippen LogP contribution is -2.18. The molecule has 3 rings (SSSR count). The van der Waals surface area contributed by atoms with Gasteiger partial charge < -0.3 is 10.5 Å². The first-order chi connectivity index (χ1) is 8.74. The molecule has 2 aliphatic rings. The maximum Gasteiger partial charge on any atom is 0.135 e. The van der Waals surface area contributed by atoms with E-state index in [1.165, 1.54) is 12.8 Å². The van der Waals surface area contributed by atoms with Crippen molar-refractivity contribution >= 4 is 17.6 Å². The Kier molecular flexibility index (Phi) is 3.43. The highest BCUT2D eigenvalue weighted by Crippen LogP contribution is 2.40. The van der Waals surface area contributed by atoms with Crippen LogP contribution >= 0.6 is 11.8 Å². The van der Waals surface area contributed by atoms with Gasteiger partial charge in [0.2, 0.25) is 0 Å². The van der Waals surface area contributed by atoms with Crippen molar-refractivity contribution in [1.29, 1.82) is 0 Å². The number of nitrogens with zero attached hydrogens (tertiary/aromatic N) is 2. The van der Waals surface area contributed by atoms with Crippen LogP contribution in [0.3, 0.4) is 0 Å². The van der Waals surface area contributed by atoms with Gasteiger partial charge in [-0.2, -0.15) is 0 Å². The molecular formula is C13H19N3OS. The number of nitrogens with two attached hydrogens (primary N) is 1. The summed E-state index contributed by atoms with van der Waals surface area (Å²) in [4.78, 5) is 9.14. The third-order valence-corrected chi connectivity index (χ3v) is 4.97. The molecule has 0 amide bonds. The number of anilines is 1. The maximum atomic E-state index is 6.00. The number of thioether (sulfide) groups is 1. The van der Waals surface area contributed by atoms with Crippen molar-refractivity contribution in [2.75, 3.05) is 18.9 Å². The lowest BCUT2D eigenvalue weighted by atomic mass is 10.2. The molecule has 0 aromatic carbocycles. The van der Waals surface area contributed by atoms with Crippen LogP contribution in [-0.2, 0) is 4.74 Å². The predicted octanol–water partition coefficient (Wildman–Crippen LogP) is 2.52. The Morgan fingerprint density at radius 3 is 2.56 bits per heavy atom. The minimum absolute atomic E-state index is 0.557. The average Bonchev–Trinajstić information content (AvgIpc) is 3.20. The molecule has 0 unspecified atom stereocenters. The molecule has 18 heavy (non-hydrogen) atoms. The van der Waals surface area contributed by atoms with Crippen LogP contribution in [0, 0.1) is 6.92 Å². The molecule has 0 bridgehead atoms. The van der Waals surface area contributed by atoms with Crippen LogP contribution < -0.4 is 5.73 Å². The van der Waals surface area contributed by atoms with Gasteiger partial charge >= 0.3 is 0 Å². The Bertz CT molecular complexity index is 442. The minimum atomic E-state index is 0.557. The van der Waals surface area contributed by atoms with Gasteiger partial charge in [-0.05, 0) is 32.6 Å². The van der Waals surface area contributed by atoms with Gasteiger partial charge in [0.25, 0.3) is 0 Å². The maximum absolute atomic E-state index is 6.00. The number of hydrogen-bond acceptors (Lipinski definition) is 5. The van der Waals surface area contributed by atoms with Crippen molar-refractivity contribution in [2.45, 2.75) is 48.8 Å². The van der Waals surface area contributed by atoms with Crippen molar-refractivity contribution in [3.05, 3.63) is 11.4 Å². The van der Waals surface area contributed by atoms with Gasteiger partial charge in [-0.1, -0.05) is 0 Å². The largest absolute Gasteiger partial charge is 0.383 e. The van der Waals surface area contributed by atoms with Crippen molar-refractivity contribution in [3.63, 3.8) is 0 Å². The van der Waals surface area contributed by atoms with Crippen molar-refractivity contribution in [2.24, 2.45) is 0 Å². The quantitative estimate of drug-likeness (QED) is 0.851. The summed E-state index contributed by atoms with van der Waals surface area (Å²) in [6.07, 6.45) is 4.63. The zero-order valence-corrected chi connectivity index (χ0v) is 11.5. The summed E-state index contributed by atoms with van der Waals surface area (Å²) in [5, 5.41) is 1.69. The highest BCUT2D eigenvalue weighted by atomic mass is 32.2. The molecule has 1 saturated heterocycles. The molecule has 0 atom stereocenters. The van der Waals surface area contributed by atoms with Crippen LogP contribution in [0.1, 0.15) is 43.0 Å². The topological polar surface area (TPSA) is 61.0 Å². The number of hydrogen-bond donors (Lipinski definition) is 1. The molecule has 0 spiro atoms. The van der Waals surface area contributed by atoms with Crippen LogP contribution in [-0.4, -0.2) is 28.4 Å². The lowest BCUT2D eigenvalue weighted by Gasteiger charge is -2.22. The Morgan fingerprint density at radius 2 is 1.89 bits per heavy atom. The Morgan fingerprint density at radius 1 is 1.17 bits per heavy atom. The van der Waals surface area contributed by atoms with Crippen LogP contribution in [0.5, 0.6) is 0 Å². The molecule has 1 aromatic rings. The van der Waals surface area contributed by atoms with Crippen molar-refractivity contribution in [3.8, 4) is 0 Å². The van der Waals surface area contributed by atoms with Crippen LogP contribution in [0.4, 0.5) is 5.82 Å². The van der Waals surface area contributed by atoms with Gasteiger partial charge in [-0.25, -0.2) is 9.97 Å². The van der Waals surface area contributed by atoms with Crippen molar-refractivity contribution in [1.82, 2.24) is 9.97 Å². The standard InChI is InChI=1S/C13H19N3OS/c1-8-11(14)15-12(9-2-3-9)16-13(8)18-10-4-6-17-7-5-10/h9-10H,2-7H2,1H3,(H2,14,15,16). The molecule has 1 saturated carbocycles. The van der Waals surface area contributed by atoms with Gasteiger partial charge in [0.15, 0.2) is 0 Å². The van der Waals surface area contributed by atoms with Gasteiger partial charge in [0, 0.05) is 29.9 Å². The second kappa shape index (κ2) is 5.05. The number of ether oxygens (including phenoxy) is 1. The zero-order valence-electron chi connectivity index (χ0n) is 10.7. The third-order valence-electron chi connectivity index (χ3n) is 3.55. The summed E-state index contributed by atoms with van der Waals surface area (Å²) in [6, 6.07) is 0. The van der Waals surface area contributed by atoms with E-state index in [0.29, 0.717) is 17.0 Å². The fourth-order valence-corrected chi connectivity index (χ4v) is 3.29. The molecule has 1 aromatic heterocycles. The lowest BCUT2D eigenvalue weighted by molar-refractivity contribution is 0.1000. The summed E-state index contributed by atoms with van der Waals surface area (Å²) in [6.45, 7) is 3.76. The molecule has 4 nitrogen and oxygen atoms in total. The number of nitrogen functional groups attached to an aromatic ring is 1. The van der Waals surface area contributed by atoms with Gasteiger partial charge in [0.05, 0.1) is 0 Å². The molecule has 1 aliphatic carbocycles. The molecule has 0 radical (unpaired) electrons. The van der Waals surface area contributed by atoms with E-state index in [0.717, 1.165) is 42.5 Å². The smallest absolute Gasteiger partial charge is 0.135 e. The Hall–Kier alpha value is -0.810. The summed E-state index contributed by atoms with van der Waals surface area (Å²) in [5.41, 5.74) is 7.04. The molecule has 2 heterocycles. The molecule has 2 N–H and O–H groups in total. The molecule has 1 aliphatic heterocycles. The van der Waals surface area contributed by atoms with Crippen molar-refractivity contribution < 1.29 is 4.74 Å². The normalized spacial score (nSPS) is 21.2. The van der Waals surface area contributed by atoms with E-state index in [9.17, 15) is 0 Å². The number of rotatable bonds is 3. The van der Waals surface area contributed by atoms with Crippen LogP contribution in [0.2, 0.25) is 0 Å². The van der Waals surface area contributed by atoms with E-state index in [2.05, 4.69) is 4.98 Å². The second-order valence-electron chi connectivity index (χ2n) is 5.10. The molecular weight excluding hydrogens is 246 g/mol. The summed E-state index contributed by atoms with van der Waals surface area (Å²) in [5.74, 6) is 2.16. The summed E-state index contributed by atoms with van der Waals surface area (Å²) in [7, 11) is 0. The zero-order chi connectivity index (χ0) is 12.5. The average molecular weight is 265 g/mol. The van der Waals surface area contributed by atoms with Gasteiger partial charge in [0.1, 0.15) is 16.7 Å². The second-order valence-corrected chi connectivity index (χ2v) is 6.39. The fourth-order valence-electron chi connectivity index (χ4n) is 2.12. The molecule has 98 valence electrons. The van der Waals surface area contributed by atoms with Crippen LogP contribution in [0.25, 0.3) is 0 Å². The minimum Gasteiger partial charge on any atom is -0.383 e. The van der Waals surface area contributed by atoms with E-state index in [1.54, 1.807) is 0 Å². The fraction of sp³-hybridized carbons (Fsp3) is 0.692. The predicted molar refractivity (Wildman–Crippen MR) is 72.9 cm³/mol. The van der Waals surface area contributed by atoms with Gasteiger partial charge in [-0.15, -0.1) is 11.8 Å². The summed E-state index contributed by atoms with van der Waals surface area (Å²) >= 11 is 1.85. The molecule has 2 fully saturated rings. The van der Waals surface area contributed by atoms with E-state index < -0.39 is 0 Å². The summed E-state index contributed by atoms with van der Waals surface area (Å²) < 4.78 is 5.39. The van der Waals surface area contributed by atoms with E-state index in [4.69, 9.17) is 15.5 Å². The third kappa shape index (κ3) is 2.62. The van der Waals surface area contributed by atoms with E-state index in [1.807, 2.05) is 18.7 Å². The van der Waals surface area contributed by atoms with E-state index in [-0.39, 0.29) is 0 Å². The Labute approximate surface area is 112 Å². The monoisotopic (exact) mass is 265 g/mol.